The zero-order valence-corrected chi connectivity index (χ0v) is 11.2. The van der Waals surface area contributed by atoms with Crippen LogP contribution in [0.3, 0.4) is 0 Å². The second-order valence-corrected chi connectivity index (χ2v) is 5.09. The summed E-state index contributed by atoms with van der Waals surface area (Å²) in [7, 11) is 0. The van der Waals surface area contributed by atoms with Crippen LogP contribution in [-0.4, -0.2) is 10.9 Å². The summed E-state index contributed by atoms with van der Waals surface area (Å²) >= 11 is 6.20. The van der Waals surface area contributed by atoms with E-state index in [9.17, 15) is 0 Å². The fraction of sp³-hybridized carbons (Fsp3) is 0.0667. The molecule has 0 aromatic heterocycles. The Bertz CT molecular complexity index is 772. The van der Waals surface area contributed by atoms with E-state index < -0.39 is 5.85 Å². The molecule has 1 unspecified atom stereocenters. The van der Waals surface area contributed by atoms with Crippen LogP contribution in [0.4, 0.5) is 0 Å². The average molecular weight is 287 g/mol. The SMILES string of the molecule is NC12ON1C=CC=C2Oc1ccc(Cl)c2ccccc12. The molecule has 100 valence electrons. The van der Waals surface area contributed by atoms with Gasteiger partial charge in [0.2, 0.25) is 0 Å². The van der Waals surface area contributed by atoms with Crippen molar-refractivity contribution < 1.29 is 9.57 Å². The summed E-state index contributed by atoms with van der Waals surface area (Å²) < 4.78 is 5.94. The van der Waals surface area contributed by atoms with Crippen LogP contribution >= 0.6 is 11.6 Å². The Morgan fingerprint density at radius 1 is 1.15 bits per heavy atom. The number of benzene rings is 2. The van der Waals surface area contributed by atoms with Gasteiger partial charge in [-0.25, -0.2) is 9.90 Å². The maximum absolute atomic E-state index is 6.20. The monoisotopic (exact) mass is 286 g/mol. The van der Waals surface area contributed by atoms with Crippen molar-refractivity contribution >= 4 is 22.4 Å². The Morgan fingerprint density at radius 3 is 2.80 bits per heavy atom. The predicted octanol–water partition coefficient (Wildman–Crippen LogP) is 3.14. The number of nitrogens with two attached hydrogens (primary N) is 1. The van der Waals surface area contributed by atoms with Gasteiger partial charge in [-0.1, -0.05) is 35.9 Å². The number of allylic oxidation sites excluding steroid dienone is 2. The quantitative estimate of drug-likeness (QED) is 0.862. The average Bonchev–Trinajstić information content (AvgIpc) is 3.15. The standard InChI is InChI=1S/C15H11ClN2O2/c16-12-7-8-13(11-5-2-1-4-10(11)12)19-14-6-3-9-18-15(14,17)20-18/h1-9H,17H2. The van der Waals surface area contributed by atoms with Crippen LogP contribution in [0, 0.1) is 0 Å². The number of nitrogens with zero attached hydrogens (tertiary/aromatic N) is 1. The van der Waals surface area contributed by atoms with Gasteiger partial charge in [0.05, 0.1) is 0 Å². The first-order chi connectivity index (χ1) is 9.68. The highest BCUT2D eigenvalue weighted by molar-refractivity contribution is 6.35. The van der Waals surface area contributed by atoms with Crippen molar-refractivity contribution in [3.8, 4) is 5.75 Å². The molecule has 5 heteroatoms. The van der Waals surface area contributed by atoms with Crippen LogP contribution < -0.4 is 10.5 Å². The Kier molecular flexibility index (Phi) is 2.35. The third-order valence-electron chi connectivity index (χ3n) is 3.41. The number of ether oxygens (including phenoxy) is 1. The molecule has 2 aromatic carbocycles. The summed E-state index contributed by atoms with van der Waals surface area (Å²) in [4.78, 5) is 5.29. The van der Waals surface area contributed by atoms with E-state index in [-0.39, 0.29) is 0 Å². The van der Waals surface area contributed by atoms with Crippen LogP contribution in [0.5, 0.6) is 5.75 Å². The number of hydroxylamine groups is 2. The van der Waals surface area contributed by atoms with E-state index in [1.165, 1.54) is 0 Å². The molecule has 2 aliphatic heterocycles. The number of hydrogen-bond acceptors (Lipinski definition) is 4. The van der Waals surface area contributed by atoms with Crippen LogP contribution in [0.25, 0.3) is 10.8 Å². The first-order valence-electron chi connectivity index (χ1n) is 6.20. The van der Waals surface area contributed by atoms with E-state index in [4.69, 9.17) is 26.9 Å². The number of halogens is 1. The summed E-state index contributed by atoms with van der Waals surface area (Å²) in [6.07, 6.45) is 5.38. The molecule has 0 saturated carbocycles. The van der Waals surface area contributed by atoms with Crippen LogP contribution in [-0.2, 0) is 4.84 Å². The molecule has 1 atom stereocenters. The lowest BCUT2D eigenvalue weighted by molar-refractivity contribution is 0.229. The lowest BCUT2D eigenvalue weighted by Gasteiger charge is -2.16. The van der Waals surface area contributed by atoms with E-state index >= 15 is 0 Å². The van der Waals surface area contributed by atoms with Crippen molar-refractivity contribution in [3.05, 3.63) is 65.5 Å². The van der Waals surface area contributed by atoms with E-state index in [1.54, 1.807) is 17.3 Å². The summed E-state index contributed by atoms with van der Waals surface area (Å²) in [5, 5.41) is 4.11. The molecule has 1 fully saturated rings. The molecule has 2 aromatic rings. The number of hydrogen-bond donors (Lipinski definition) is 1. The van der Waals surface area contributed by atoms with E-state index in [2.05, 4.69) is 0 Å². The molecule has 0 bridgehead atoms. The second kappa shape index (κ2) is 3.99. The highest BCUT2D eigenvalue weighted by Gasteiger charge is 2.56. The Balaban J connectivity index is 1.79. The van der Waals surface area contributed by atoms with Crippen molar-refractivity contribution in [2.24, 2.45) is 5.73 Å². The highest BCUT2D eigenvalue weighted by atomic mass is 35.5. The summed E-state index contributed by atoms with van der Waals surface area (Å²) in [5.74, 6) is 0.273. The van der Waals surface area contributed by atoms with Gasteiger partial charge in [0.1, 0.15) is 5.75 Å². The first kappa shape index (κ1) is 11.8. The molecule has 4 rings (SSSR count). The molecule has 20 heavy (non-hydrogen) atoms. The zero-order chi connectivity index (χ0) is 13.7. The van der Waals surface area contributed by atoms with Crippen LogP contribution in [0.2, 0.25) is 5.02 Å². The smallest absolute Gasteiger partial charge is 0.301 e. The fourth-order valence-corrected chi connectivity index (χ4v) is 2.53. The normalized spacial score (nSPS) is 23.5. The Labute approximate surface area is 120 Å². The van der Waals surface area contributed by atoms with E-state index in [0.717, 1.165) is 10.8 Å². The van der Waals surface area contributed by atoms with E-state index in [1.807, 2.05) is 42.5 Å². The number of rotatable bonds is 2. The number of fused-ring (bicyclic) bond motifs is 2. The van der Waals surface area contributed by atoms with Crippen LogP contribution in [0.1, 0.15) is 0 Å². The van der Waals surface area contributed by atoms with E-state index in [0.29, 0.717) is 16.5 Å². The van der Waals surface area contributed by atoms with Gasteiger partial charge in [0.15, 0.2) is 5.76 Å². The van der Waals surface area contributed by atoms with Crippen molar-refractivity contribution in [1.82, 2.24) is 5.06 Å². The summed E-state index contributed by atoms with van der Waals surface area (Å²) in [5.41, 5.74) is 6.05. The zero-order valence-electron chi connectivity index (χ0n) is 10.4. The third kappa shape index (κ3) is 1.63. The molecule has 2 aliphatic rings. The van der Waals surface area contributed by atoms with Gasteiger partial charge in [-0.2, -0.15) is 0 Å². The highest BCUT2D eigenvalue weighted by Crippen LogP contribution is 2.41. The maximum atomic E-state index is 6.20. The molecule has 2 heterocycles. The molecular weight excluding hydrogens is 276 g/mol. The van der Waals surface area contributed by atoms with Gasteiger partial charge < -0.3 is 4.74 Å². The topological polar surface area (TPSA) is 50.8 Å². The third-order valence-corrected chi connectivity index (χ3v) is 3.73. The van der Waals surface area contributed by atoms with Gasteiger partial charge in [0.25, 0.3) is 0 Å². The Morgan fingerprint density at radius 2 is 1.95 bits per heavy atom. The Hall–Kier alpha value is -2.01. The summed E-state index contributed by atoms with van der Waals surface area (Å²) in [6, 6.07) is 11.4. The minimum absolute atomic E-state index is 0.549. The molecule has 4 nitrogen and oxygen atoms in total. The molecule has 0 radical (unpaired) electrons. The lowest BCUT2D eigenvalue weighted by Crippen LogP contribution is -2.34. The van der Waals surface area contributed by atoms with Crippen molar-refractivity contribution in [2.75, 3.05) is 0 Å². The van der Waals surface area contributed by atoms with Gasteiger partial charge in [-0.05, 0) is 24.3 Å². The van der Waals surface area contributed by atoms with Gasteiger partial charge >= 0.3 is 5.85 Å². The predicted molar refractivity (Wildman–Crippen MR) is 76.7 cm³/mol. The van der Waals surface area contributed by atoms with Crippen molar-refractivity contribution in [1.29, 1.82) is 0 Å². The largest absolute Gasteiger partial charge is 0.454 e. The van der Waals surface area contributed by atoms with Gasteiger partial charge in [-0.3, -0.25) is 5.73 Å². The first-order valence-corrected chi connectivity index (χ1v) is 6.58. The lowest BCUT2D eigenvalue weighted by atomic mass is 10.1. The minimum atomic E-state index is -0.977. The molecule has 0 aliphatic carbocycles. The second-order valence-electron chi connectivity index (χ2n) is 4.68. The molecule has 0 amide bonds. The van der Waals surface area contributed by atoms with Gasteiger partial charge in [0, 0.05) is 22.0 Å². The molecule has 1 saturated heterocycles. The van der Waals surface area contributed by atoms with Crippen molar-refractivity contribution in [2.45, 2.75) is 5.85 Å². The van der Waals surface area contributed by atoms with Crippen molar-refractivity contribution in [3.63, 3.8) is 0 Å². The fourth-order valence-electron chi connectivity index (χ4n) is 2.30. The van der Waals surface area contributed by atoms with Gasteiger partial charge in [-0.15, -0.1) is 0 Å². The minimum Gasteiger partial charge on any atom is -0.454 e. The molecule has 2 N–H and O–H groups in total. The molecule has 0 spiro atoms. The summed E-state index contributed by atoms with van der Waals surface area (Å²) in [6.45, 7) is 0. The van der Waals surface area contributed by atoms with Crippen LogP contribution in [0.15, 0.2) is 60.5 Å². The maximum Gasteiger partial charge on any atom is 0.301 e. The molecular formula is C15H11ClN2O2.